The number of anilines is 1. The van der Waals surface area contributed by atoms with Crippen molar-refractivity contribution in [3.05, 3.63) is 67.1 Å². The lowest BCUT2D eigenvalue weighted by molar-refractivity contribution is -0.384. The molecule has 21 heavy (non-hydrogen) atoms. The van der Waals surface area contributed by atoms with Crippen LogP contribution in [0.25, 0.3) is 0 Å². The van der Waals surface area contributed by atoms with Crippen molar-refractivity contribution < 1.29 is 4.92 Å². The molecule has 1 atom stereocenters. The summed E-state index contributed by atoms with van der Waals surface area (Å²) in [4.78, 5) is 10.2. The molecular formula is C14H11Cl3N2O2. The highest BCUT2D eigenvalue weighted by atomic mass is 35.5. The zero-order chi connectivity index (χ0) is 15.6. The second kappa shape index (κ2) is 6.52. The summed E-state index contributed by atoms with van der Waals surface area (Å²) in [5, 5.41) is 14.9. The quantitative estimate of drug-likeness (QED) is 0.569. The fraction of sp³-hybridized carbons (Fsp3) is 0.143. The molecule has 4 nitrogen and oxygen atoms in total. The standard InChI is InChI=1S/C14H11Cl3N2O2/c1-8(10-3-2-4-11(15)14(10)17)18-9-5-6-13(19(20)21)12(16)7-9/h2-8,18H,1H3. The first-order valence-electron chi connectivity index (χ1n) is 6.04. The van der Waals surface area contributed by atoms with Gasteiger partial charge in [-0.3, -0.25) is 10.1 Å². The Morgan fingerprint density at radius 2 is 1.86 bits per heavy atom. The summed E-state index contributed by atoms with van der Waals surface area (Å²) >= 11 is 18.0. The van der Waals surface area contributed by atoms with E-state index in [2.05, 4.69) is 5.32 Å². The Labute approximate surface area is 136 Å². The zero-order valence-corrected chi connectivity index (χ0v) is 13.2. The van der Waals surface area contributed by atoms with Gasteiger partial charge in [-0.05, 0) is 30.7 Å². The molecule has 0 aliphatic rings. The van der Waals surface area contributed by atoms with Gasteiger partial charge in [0.15, 0.2) is 0 Å². The van der Waals surface area contributed by atoms with Gasteiger partial charge in [-0.2, -0.15) is 0 Å². The Bertz CT molecular complexity index is 692. The van der Waals surface area contributed by atoms with Crippen molar-refractivity contribution in [3.63, 3.8) is 0 Å². The van der Waals surface area contributed by atoms with E-state index in [0.29, 0.717) is 15.7 Å². The van der Waals surface area contributed by atoms with Crippen LogP contribution in [0.3, 0.4) is 0 Å². The Balaban J connectivity index is 2.24. The predicted molar refractivity (Wildman–Crippen MR) is 86.6 cm³/mol. The summed E-state index contributed by atoms with van der Waals surface area (Å²) < 4.78 is 0. The van der Waals surface area contributed by atoms with Gasteiger partial charge in [0.1, 0.15) is 5.02 Å². The minimum absolute atomic E-state index is 0.0781. The number of rotatable bonds is 4. The highest BCUT2D eigenvalue weighted by Crippen LogP contribution is 2.33. The summed E-state index contributed by atoms with van der Waals surface area (Å²) in [6.07, 6.45) is 0. The van der Waals surface area contributed by atoms with E-state index in [9.17, 15) is 10.1 Å². The van der Waals surface area contributed by atoms with Crippen LogP contribution in [0.1, 0.15) is 18.5 Å². The smallest absolute Gasteiger partial charge is 0.288 e. The number of nitrogens with one attached hydrogen (secondary N) is 1. The third-order valence-corrected chi connectivity index (χ3v) is 4.11. The van der Waals surface area contributed by atoms with Crippen molar-refractivity contribution in [1.82, 2.24) is 0 Å². The van der Waals surface area contributed by atoms with Crippen LogP contribution in [-0.2, 0) is 0 Å². The van der Waals surface area contributed by atoms with Crippen molar-refractivity contribution in [2.24, 2.45) is 0 Å². The molecule has 110 valence electrons. The van der Waals surface area contributed by atoms with Gasteiger partial charge in [-0.1, -0.05) is 46.9 Å². The molecule has 0 amide bonds. The molecule has 0 aliphatic carbocycles. The highest BCUT2D eigenvalue weighted by Gasteiger charge is 2.15. The number of benzene rings is 2. The lowest BCUT2D eigenvalue weighted by Gasteiger charge is -2.17. The predicted octanol–water partition coefficient (Wildman–Crippen LogP) is 5.73. The molecule has 0 spiro atoms. The summed E-state index contributed by atoms with van der Waals surface area (Å²) in [5.41, 5.74) is 1.36. The molecular weight excluding hydrogens is 335 g/mol. The van der Waals surface area contributed by atoms with Gasteiger partial charge in [0.05, 0.1) is 21.0 Å². The summed E-state index contributed by atoms with van der Waals surface area (Å²) in [6, 6.07) is 9.71. The summed E-state index contributed by atoms with van der Waals surface area (Å²) in [5.74, 6) is 0. The number of nitro benzene ring substituents is 1. The summed E-state index contributed by atoms with van der Waals surface area (Å²) in [7, 11) is 0. The van der Waals surface area contributed by atoms with Crippen LogP contribution in [0, 0.1) is 10.1 Å². The fourth-order valence-corrected chi connectivity index (χ4v) is 2.65. The van der Waals surface area contributed by atoms with Crippen molar-refractivity contribution in [2.75, 3.05) is 5.32 Å². The second-order valence-corrected chi connectivity index (χ2v) is 5.62. The van der Waals surface area contributed by atoms with Crippen LogP contribution in [0.2, 0.25) is 15.1 Å². The van der Waals surface area contributed by atoms with E-state index in [0.717, 1.165) is 5.56 Å². The Hall–Kier alpha value is -1.49. The molecule has 0 aliphatic heterocycles. The highest BCUT2D eigenvalue weighted by molar-refractivity contribution is 6.42. The van der Waals surface area contributed by atoms with Gasteiger partial charge in [0.25, 0.3) is 5.69 Å². The van der Waals surface area contributed by atoms with Gasteiger partial charge in [-0.15, -0.1) is 0 Å². The molecule has 0 radical (unpaired) electrons. The van der Waals surface area contributed by atoms with Crippen molar-refractivity contribution in [1.29, 1.82) is 0 Å². The van der Waals surface area contributed by atoms with E-state index in [-0.39, 0.29) is 16.8 Å². The maximum Gasteiger partial charge on any atom is 0.288 e. The minimum atomic E-state index is -0.524. The van der Waals surface area contributed by atoms with Crippen LogP contribution in [0.15, 0.2) is 36.4 Å². The normalized spacial score (nSPS) is 12.0. The first-order valence-corrected chi connectivity index (χ1v) is 7.18. The topological polar surface area (TPSA) is 55.2 Å². The van der Waals surface area contributed by atoms with Crippen molar-refractivity contribution in [2.45, 2.75) is 13.0 Å². The first kappa shape index (κ1) is 15.9. The molecule has 2 aromatic rings. The number of hydrogen-bond acceptors (Lipinski definition) is 3. The van der Waals surface area contributed by atoms with Gasteiger partial charge >= 0.3 is 0 Å². The van der Waals surface area contributed by atoms with Crippen LogP contribution >= 0.6 is 34.8 Å². The van der Waals surface area contributed by atoms with Crippen LogP contribution in [-0.4, -0.2) is 4.92 Å². The largest absolute Gasteiger partial charge is 0.378 e. The molecule has 0 fully saturated rings. The van der Waals surface area contributed by atoms with Crippen molar-refractivity contribution in [3.8, 4) is 0 Å². The van der Waals surface area contributed by atoms with Crippen molar-refractivity contribution >= 4 is 46.2 Å². The molecule has 2 rings (SSSR count). The Morgan fingerprint density at radius 1 is 1.14 bits per heavy atom. The van der Waals surface area contributed by atoms with Crippen LogP contribution in [0.5, 0.6) is 0 Å². The number of nitro groups is 1. The lowest BCUT2D eigenvalue weighted by atomic mass is 10.1. The molecule has 0 aromatic heterocycles. The van der Waals surface area contributed by atoms with E-state index in [1.54, 1.807) is 12.1 Å². The molecule has 7 heteroatoms. The number of nitrogens with zero attached hydrogens (tertiary/aromatic N) is 1. The van der Waals surface area contributed by atoms with Gasteiger partial charge in [0, 0.05) is 11.8 Å². The molecule has 0 saturated carbocycles. The van der Waals surface area contributed by atoms with E-state index >= 15 is 0 Å². The Morgan fingerprint density at radius 3 is 2.48 bits per heavy atom. The number of halogens is 3. The summed E-state index contributed by atoms with van der Waals surface area (Å²) in [6.45, 7) is 1.91. The van der Waals surface area contributed by atoms with Gasteiger partial charge in [-0.25, -0.2) is 0 Å². The van der Waals surface area contributed by atoms with E-state index < -0.39 is 4.92 Å². The van der Waals surface area contributed by atoms with Gasteiger partial charge < -0.3 is 5.32 Å². The van der Waals surface area contributed by atoms with E-state index in [4.69, 9.17) is 34.8 Å². The molecule has 0 bridgehead atoms. The first-order chi connectivity index (χ1) is 9.90. The Kier molecular flexibility index (Phi) is 4.93. The molecule has 0 heterocycles. The van der Waals surface area contributed by atoms with Crippen LogP contribution < -0.4 is 5.32 Å². The minimum Gasteiger partial charge on any atom is -0.378 e. The maximum atomic E-state index is 10.7. The SMILES string of the molecule is CC(Nc1ccc([N+](=O)[O-])c(Cl)c1)c1cccc(Cl)c1Cl. The third kappa shape index (κ3) is 3.59. The molecule has 1 unspecified atom stereocenters. The lowest BCUT2D eigenvalue weighted by Crippen LogP contribution is -2.07. The fourth-order valence-electron chi connectivity index (χ4n) is 1.93. The molecule has 1 N–H and O–H groups in total. The maximum absolute atomic E-state index is 10.7. The average molecular weight is 346 g/mol. The second-order valence-electron chi connectivity index (χ2n) is 4.43. The van der Waals surface area contributed by atoms with Crippen LogP contribution in [0.4, 0.5) is 11.4 Å². The zero-order valence-electron chi connectivity index (χ0n) is 10.9. The number of hydrogen-bond donors (Lipinski definition) is 1. The van der Waals surface area contributed by atoms with Gasteiger partial charge in [0.2, 0.25) is 0 Å². The monoisotopic (exact) mass is 344 g/mol. The molecule has 0 saturated heterocycles. The average Bonchev–Trinajstić information content (AvgIpc) is 2.41. The third-order valence-electron chi connectivity index (χ3n) is 2.98. The van der Waals surface area contributed by atoms with E-state index in [1.807, 2.05) is 19.1 Å². The molecule has 2 aromatic carbocycles. The van der Waals surface area contributed by atoms with E-state index in [1.165, 1.54) is 12.1 Å².